The van der Waals surface area contributed by atoms with E-state index in [0.29, 0.717) is 0 Å². The maximum atomic E-state index is 8.25. The number of rotatable bonds is 0. The van der Waals surface area contributed by atoms with Gasteiger partial charge in [-0.25, -0.2) is 0 Å². The van der Waals surface area contributed by atoms with Crippen LogP contribution < -0.4 is 48.4 Å². The van der Waals surface area contributed by atoms with Crippen LogP contribution in [0.1, 0.15) is 1.43 Å². The minimum atomic E-state index is -1.75. The van der Waals surface area contributed by atoms with Gasteiger partial charge in [0.15, 0.2) is 0 Å². The molecule has 0 fully saturated rings. The molecule has 6 heavy (non-hydrogen) atoms. The van der Waals surface area contributed by atoms with Crippen molar-refractivity contribution in [1.82, 2.24) is 0 Å². The molecule has 0 aliphatic rings. The first-order valence-corrected chi connectivity index (χ1v) is 0.548. The molecule has 0 aromatic rings. The van der Waals surface area contributed by atoms with Crippen LogP contribution >= 0.6 is 0 Å². The van der Waals surface area contributed by atoms with E-state index in [1.807, 2.05) is 0 Å². The normalized spacial score (nSPS) is 4.00. The maximum Gasteiger partial charge on any atom is 1.00 e. The topological polar surface area (TPSA) is 66.2 Å². The summed E-state index contributed by atoms with van der Waals surface area (Å²) in [7, 11) is 0. The second-order valence-corrected chi connectivity index (χ2v) is 0.224. The third-order valence-electron chi connectivity index (χ3n) is 0. The van der Waals surface area contributed by atoms with Gasteiger partial charge in [0.05, 0.1) is 5.09 Å². The largest absolute Gasteiger partial charge is 1.00 e. The Morgan fingerprint density at radius 2 is 1.50 bits per heavy atom. The summed E-state index contributed by atoms with van der Waals surface area (Å²) in [4.78, 5) is 8.25. The van der Waals surface area contributed by atoms with E-state index in [4.69, 9.17) is 15.3 Å². The Hall–Kier alpha value is 0.797. The molecule has 0 radical (unpaired) electrons. The zero-order valence-corrected chi connectivity index (χ0v) is 5.67. The van der Waals surface area contributed by atoms with Gasteiger partial charge in [0.25, 0.3) is 0 Å². The fourth-order valence-corrected chi connectivity index (χ4v) is 0. The Balaban J connectivity index is -0.0000000150. The van der Waals surface area contributed by atoms with Gasteiger partial charge in [-0.15, -0.1) is 0 Å². The second kappa shape index (κ2) is 9.25. The first kappa shape index (κ1) is 15.8. The van der Waals surface area contributed by atoms with Crippen LogP contribution in [-0.2, 0) is 0 Å². The summed E-state index contributed by atoms with van der Waals surface area (Å²) >= 11 is 0. The molecule has 26 valence electrons. The van der Waals surface area contributed by atoms with Crippen molar-refractivity contribution in [3.63, 3.8) is 0 Å². The van der Waals surface area contributed by atoms with Crippen molar-refractivity contribution in [2.45, 2.75) is 0 Å². The van der Waals surface area contributed by atoms with Crippen LogP contribution in [0.25, 0.3) is 0 Å². The van der Waals surface area contributed by atoms with Gasteiger partial charge in [-0.05, 0) is 0 Å². The molecule has 0 aliphatic heterocycles. The van der Waals surface area contributed by atoms with E-state index in [-0.39, 0.29) is 49.8 Å². The molecule has 0 heterocycles. The van der Waals surface area contributed by atoms with Crippen molar-refractivity contribution in [2.75, 3.05) is 0 Å². The quantitative estimate of drug-likeness (QED) is 0.170. The van der Waals surface area contributed by atoms with E-state index >= 15 is 0 Å². The number of hydrogen-bond donors (Lipinski definition) is 0. The first-order chi connectivity index (χ1) is 1.73. The van der Waals surface area contributed by atoms with E-state index < -0.39 is 5.09 Å². The Morgan fingerprint density at radius 3 is 1.50 bits per heavy atom. The molecule has 0 saturated carbocycles. The molecule has 0 aromatic carbocycles. The number of hydrogen-bond acceptors (Lipinski definition) is 3. The van der Waals surface area contributed by atoms with Crippen LogP contribution in [0.3, 0.4) is 0 Å². The van der Waals surface area contributed by atoms with Crippen LogP contribution in [0.5, 0.6) is 0 Å². The predicted molar refractivity (Wildman–Crippen MR) is 11.5 cm³/mol. The van der Waals surface area contributed by atoms with Gasteiger partial charge in [-0.2, -0.15) is 0 Å². The molecule has 0 saturated heterocycles. The molecule has 0 aliphatic carbocycles. The van der Waals surface area contributed by atoms with Crippen LogP contribution in [0.15, 0.2) is 0 Å². The van der Waals surface area contributed by atoms with E-state index in [1.54, 1.807) is 0 Å². The molecular formula is HLiNNaO3. The van der Waals surface area contributed by atoms with Gasteiger partial charge >= 0.3 is 48.4 Å². The zero-order valence-electron chi connectivity index (χ0n) is 4.67. The smallest absolute Gasteiger partial charge is 1.00 e. The van der Waals surface area contributed by atoms with E-state index in [2.05, 4.69) is 0 Å². The van der Waals surface area contributed by atoms with E-state index in [0.717, 1.165) is 0 Å². The molecule has 0 amide bonds. The molecule has 0 atom stereocenters. The molecule has 0 bridgehead atoms. The molecule has 0 spiro atoms. The maximum absolute atomic E-state index is 8.25. The van der Waals surface area contributed by atoms with Crippen molar-refractivity contribution in [3.05, 3.63) is 15.3 Å². The fourth-order valence-electron chi connectivity index (χ4n) is 0. The van der Waals surface area contributed by atoms with Crippen molar-refractivity contribution >= 4 is 0 Å². The molecule has 4 nitrogen and oxygen atoms in total. The summed E-state index contributed by atoms with van der Waals surface area (Å²) in [6.45, 7) is 0. The fraction of sp³-hybridized carbons (Fsp3) is 0. The van der Waals surface area contributed by atoms with Crippen molar-refractivity contribution < 1.29 is 54.9 Å². The SMILES string of the molecule is O=[N+]([O-])[O-].[H-].[Li+].[Na+]. The monoisotopic (exact) mass is 93.0 g/mol. The third-order valence-corrected chi connectivity index (χ3v) is 0. The van der Waals surface area contributed by atoms with Gasteiger partial charge < -0.3 is 16.7 Å². The Morgan fingerprint density at radius 1 is 1.50 bits per heavy atom. The third kappa shape index (κ3) is 109. The molecule has 0 rings (SSSR count). The molecule has 0 unspecified atom stereocenters. The summed E-state index contributed by atoms with van der Waals surface area (Å²) in [5.41, 5.74) is 0. The molecule has 6 heteroatoms. The van der Waals surface area contributed by atoms with Gasteiger partial charge in [0, 0.05) is 0 Å². The van der Waals surface area contributed by atoms with Crippen molar-refractivity contribution in [2.24, 2.45) is 0 Å². The number of nitrogens with zero attached hydrogens (tertiary/aromatic N) is 1. The van der Waals surface area contributed by atoms with Crippen LogP contribution in [0, 0.1) is 15.3 Å². The summed E-state index contributed by atoms with van der Waals surface area (Å²) in [5.74, 6) is 0. The second-order valence-electron chi connectivity index (χ2n) is 0.224. The van der Waals surface area contributed by atoms with Gasteiger partial charge in [0.2, 0.25) is 0 Å². The van der Waals surface area contributed by atoms with E-state index in [9.17, 15) is 0 Å². The average Bonchev–Trinajstić information content (AvgIpc) is 0.811. The summed E-state index contributed by atoms with van der Waals surface area (Å²) in [6, 6.07) is 0. The first-order valence-electron chi connectivity index (χ1n) is 0.548. The zero-order chi connectivity index (χ0) is 3.58. The minimum absolute atomic E-state index is 0. The van der Waals surface area contributed by atoms with Crippen LogP contribution in [0.4, 0.5) is 0 Å². The van der Waals surface area contributed by atoms with Crippen LogP contribution in [0.2, 0.25) is 0 Å². The van der Waals surface area contributed by atoms with Crippen LogP contribution in [-0.4, -0.2) is 5.09 Å². The molecule has 0 aromatic heterocycles. The summed E-state index contributed by atoms with van der Waals surface area (Å²) in [5, 5.41) is 14.8. The standard InChI is InChI=1S/Li.NO3.Na.H/c;2-1(3)4;;/q+1;-1;+1;-1. The van der Waals surface area contributed by atoms with Gasteiger partial charge in [-0.3, -0.25) is 0 Å². The Bertz CT molecular complexity index is 37.9. The Labute approximate surface area is 70.0 Å². The molecular weight excluding hydrogens is 91.9 g/mol. The predicted octanol–water partition coefficient (Wildman–Crippen LogP) is -6.12. The van der Waals surface area contributed by atoms with Gasteiger partial charge in [-0.1, -0.05) is 0 Å². The van der Waals surface area contributed by atoms with Crippen molar-refractivity contribution in [3.8, 4) is 0 Å². The minimum Gasteiger partial charge on any atom is -1.00 e. The van der Waals surface area contributed by atoms with E-state index in [1.165, 1.54) is 0 Å². The summed E-state index contributed by atoms with van der Waals surface area (Å²) < 4.78 is 0. The average molecular weight is 92.9 g/mol. The Kier molecular flexibility index (Phi) is 24.4. The molecule has 0 N–H and O–H groups in total. The van der Waals surface area contributed by atoms with Gasteiger partial charge in [0.1, 0.15) is 0 Å². The summed E-state index contributed by atoms with van der Waals surface area (Å²) in [6.07, 6.45) is 0. The van der Waals surface area contributed by atoms with Crippen molar-refractivity contribution in [1.29, 1.82) is 0 Å².